The van der Waals surface area contributed by atoms with Crippen molar-refractivity contribution in [3.63, 3.8) is 0 Å². The van der Waals surface area contributed by atoms with Crippen LogP contribution in [-0.4, -0.2) is 42.8 Å². The van der Waals surface area contributed by atoms with E-state index >= 15 is 0 Å². The SMILES string of the molecule is COC(=O)C1(C)CC(OC(C)=O)CC2(C)c3ccc(C(C)(O)COC(C)=O)c(Cl)c3CCC12. The number of hydrogen-bond donors (Lipinski definition) is 1. The van der Waals surface area contributed by atoms with Crippen molar-refractivity contribution < 1.29 is 33.7 Å². The van der Waals surface area contributed by atoms with E-state index in [4.69, 9.17) is 25.8 Å². The first-order valence-corrected chi connectivity index (χ1v) is 11.6. The average molecular weight is 481 g/mol. The second-order valence-electron chi connectivity index (χ2n) is 10.1. The van der Waals surface area contributed by atoms with Crippen molar-refractivity contribution in [1.82, 2.24) is 0 Å². The van der Waals surface area contributed by atoms with E-state index in [1.54, 1.807) is 13.0 Å². The zero-order valence-corrected chi connectivity index (χ0v) is 20.9. The van der Waals surface area contributed by atoms with Gasteiger partial charge in [-0.1, -0.05) is 30.7 Å². The molecule has 0 bridgehead atoms. The molecule has 0 saturated heterocycles. The monoisotopic (exact) mass is 480 g/mol. The van der Waals surface area contributed by atoms with Crippen LogP contribution in [0.15, 0.2) is 12.1 Å². The predicted molar refractivity (Wildman–Crippen MR) is 122 cm³/mol. The summed E-state index contributed by atoms with van der Waals surface area (Å²) in [7, 11) is 1.38. The average Bonchev–Trinajstić information content (AvgIpc) is 2.71. The first-order chi connectivity index (χ1) is 15.3. The van der Waals surface area contributed by atoms with Gasteiger partial charge < -0.3 is 19.3 Å². The number of hydrogen-bond acceptors (Lipinski definition) is 7. The Morgan fingerprint density at radius 1 is 1.18 bits per heavy atom. The highest BCUT2D eigenvalue weighted by Gasteiger charge is 2.59. The van der Waals surface area contributed by atoms with Crippen LogP contribution in [-0.2, 0) is 46.0 Å². The third-order valence-corrected chi connectivity index (χ3v) is 7.94. The standard InChI is InChI=1S/C25H33ClO7/c1-14(27)32-13-25(5,30)19-9-8-18-17(21(19)26)7-10-20-23(18,3)11-16(33-15(2)28)12-24(20,4)22(29)31-6/h8-9,16,20,30H,7,10-13H2,1-6H3. The van der Waals surface area contributed by atoms with Gasteiger partial charge in [-0.05, 0) is 50.2 Å². The Hall–Kier alpha value is -2.12. The number of benzene rings is 1. The number of aliphatic hydroxyl groups is 1. The molecule has 33 heavy (non-hydrogen) atoms. The normalized spacial score (nSPS) is 30.3. The van der Waals surface area contributed by atoms with Gasteiger partial charge in [-0.2, -0.15) is 0 Å². The molecule has 7 nitrogen and oxygen atoms in total. The molecule has 0 spiro atoms. The van der Waals surface area contributed by atoms with Crippen molar-refractivity contribution in [1.29, 1.82) is 0 Å². The Morgan fingerprint density at radius 3 is 2.42 bits per heavy atom. The second-order valence-corrected chi connectivity index (χ2v) is 10.4. The predicted octanol–water partition coefficient (Wildman–Crippen LogP) is 3.84. The van der Waals surface area contributed by atoms with E-state index in [0.717, 1.165) is 11.1 Å². The molecule has 1 N–H and O–H groups in total. The van der Waals surface area contributed by atoms with Crippen molar-refractivity contribution in [2.24, 2.45) is 11.3 Å². The maximum Gasteiger partial charge on any atom is 0.311 e. The van der Waals surface area contributed by atoms with E-state index in [1.807, 2.05) is 13.0 Å². The van der Waals surface area contributed by atoms with Crippen LogP contribution in [0.5, 0.6) is 0 Å². The van der Waals surface area contributed by atoms with Crippen molar-refractivity contribution >= 4 is 29.5 Å². The molecule has 5 atom stereocenters. The first kappa shape index (κ1) is 25.5. The summed E-state index contributed by atoms with van der Waals surface area (Å²) < 4.78 is 15.8. The molecular weight excluding hydrogens is 448 g/mol. The molecule has 1 aromatic rings. The zero-order chi connectivity index (χ0) is 24.8. The fourth-order valence-electron chi connectivity index (χ4n) is 6.14. The molecule has 2 aliphatic rings. The fourth-order valence-corrected chi connectivity index (χ4v) is 6.61. The molecule has 182 valence electrons. The fraction of sp³-hybridized carbons (Fsp3) is 0.640. The quantitative estimate of drug-likeness (QED) is 0.505. The Balaban J connectivity index is 2.09. The van der Waals surface area contributed by atoms with Gasteiger partial charge in [-0.25, -0.2) is 0 Å². The lowest BCUT2D eigenvalue weighted by molar-refractivity contribution is -0.173. The molecule has 1 fully saturated rings. The Labute approximate surface area is 199 Å². The number of carbonyl (C=O) groups is 3. The molecule has 1 saturated carbocycles. The molecule has 1 aromatic carbocycles. The van der Waals surface area contributed by atoms with Crippen molar-refractivity contribution in [3.8, 4) is 0 Å². The van der Waals surface area contributed by atoms with Gasteiger partial charge in [0.2, 0.25) is 0 Å². The third kappa shape index (κ3) is 4.50. The summed E-state index contributed by atoms with van der Waals surface area (Å²) in [6.07, 6.45) is 1.83. The minimum absolute atomic E-state index is 0.0415. The van der Waals surface area contributed by atoms with Crippen molar-refractivity contribution in [3.05, 3.63) is 33.8 Å². The van der Waals surface area contributed by atoms with Crippen LogP contribution >= 0.6 is 11.6 Å². The number of esters is 3. The molecule has 2 aliphatic carbocycles. The van der Waals surface area contributed by atoms with Gasteiger partial charge in [0.25, 0.3) is 0 Å². The van der Waals surface area contributed by atoms with E-state index in [9.17, 15) is 19.5 Å². The van der Waals surface area contributed by atoms with Crippen LogP contribution in [0.25, 0.3) is 0 Å². The molecule has 0 heterocycles. The molecule has 3 rings (SSSR count). The molecule has 0 aromatic heterocycles. The van der Waals surface area contributed by atoms with E-state index in [0.29, 0.717) is 36.3 Å². The largest absolute Gasteiger partial charge is 0.469 e. The summed E-state index contributed by atoms with van der Waals surface area (Å²) in [6.45, 7) is 7.97. The lowest BCUT2D eigenvalue weighted by Gasteiger charge is -2.55. The Bertz CT molecular complexity index is 972. The first-order valence-electron chi connectivity index (χ1n) is 11.2. The van der Waals surface area contributed by atoms with E-state index in [-0.39, 0.29) is 24.5 Å². The number of carbonyl (C=O) groups excluding carboxylic acids is 3. The van der Waals surface area contributed by atoms with Gasteiger partial charge in [0.1, 0.15) is 18.3 Å². The van der Waals surface area contributed by atoms with Gasteiger partial charge in [-0.15, -0.1) is 0 Å². The van der Waals surface area contributed by atoms with Crippen LogP contribution < -0.4 is 0 Å². The number of methoxy groups -OCH3 is 1. The van der Waals surface area contributed by atoms with Crippen LogP contribution in [0.4, 0.5) is 0 Å². The van der Waals surface area contributed by atoms with Crippen molar-refractivity contribution in [2.75, 3.05) is 13.7 Å². The smallest absolute Gasteiger partial charge is 0.311 e. The van der Waals surface area contributed by atoms with Crippen molar-refractivity contribution in [2.45, 2.75) is 77.4 Å². The van der Waals surface area contributed by atoms with E-state index in [1.165, 1.54) is 21.0 Å². The van der Waals surface area contributed by atoms with E-state index < -0.39 is 28.5 Å². The Morgan fingerprint density at radius 2 is 1.85 bits per heavy atom. The molecule has 0 aliphatic heterocycles. The molecule has 5 unspecified atom stereocenters. The summed E-state index contributed by atoms with van der Waals surface area (Å²) in [5, 5.41) is 11.4. The van der Waals surface area contributed by atoms with Crippen LogP contribution in [0.1, 0.15) is 70.6 Å². The second kappa shape index (κ2) is 8.91. The Kier molecular flexibility index (Phi) is 6.89. The summed E-state index contributed by atoms with van der Waals surface area (Å²) in [5.41, 5.74) is -0.434. The highest BCUT2D eigenvalue weighted by molar-refractivity contribution is 6.32. The number of halogens is 1. The van der Waals surface area contributed by atoms with Crippen LogP contribution in [0.2, 0.25) is 5.02 Å². The molecule has 0 amide bonds. The molecular formula is C25H33ClO7. The third-order valence-electron chi connectivity index (χ3n) is 7.50. The highest BCUT2D eigenvalue weighted by atomic mass is 35.5. The number of rotatable bonds is 5. The molecule has 0 radical (unpaired) electrons. The zero-order valence-electron chi connectivity index (χ0n) is 20.1. The summed E-state index contributed by atoms with van der Waals surface area (Å²) in [4.78, 5) is 36.0. The number of ether oxygens (including phenoxy) is 3. The lowest BCUT2D eigenvalue weighted by Crippen LogP contribution is -2.57. The van der Waals surface area contributed by atoms with Gasteiger partial charge in [-0.3, -0.25) is 14.4 Å². The van der Waals surface area contributed by atoms with Gasteiger partial charge >= 0.3 is 17.9 Å². The van der Waals surface area contributed by atoms with Gasteiger partial charge in [0.05, 0.1) is 17.5 Å². The topological polar surface area (TPSA) is 99.1 Å². The summed E-state index contributed by atoms with van der Waals surface area (Å²) in [6, 6.07) is 3.68. The summed E-state index contributed by atoms with van der Waals surface area (Å²) in [5.74, 6) is -1.23. The van der Waals surface area contributed by atoms with Gasteiger partial charge in [0, 0.05) is 31.2 Å². The lowest BCUT2D eigenvalue weighted by atomic mass is 9.49. The minimum atomic E-state index is -1.46. The summed E-state index contributed by atoms with van der Waals surface area (Å²) >= 11 is 6.82. The number of fused-ring (bicyclic) bond motifs is 3. The highest BCUT2D eigenvalue weighted by Crippen LogP contribution is 2.59. The molecule has 8 heteroatoms. The maximum atomic E-state index is 12.9. The van der Waals surface area contributed by atoms with Crippen LogP contribution in [0.3, 0.4) is 0 Å². The van der Waals surface area contributed by atoms with Crippen LogP contribution in [0, 0.1) is 11.3 Å². The van der Waals surface area contributed by atoms with E-state index in [2.05, 4.69) is 6.92 Å². The van der Waals surface area contributed by atoms with Gasteiger partial charge in [0.15, 0.2) is 0 Å². The minimum Gasteiger partial charge on any atom is -0.469 e. The maximum absolute atomic E-state index is 12.9.